The van der Waals surface area contributed by atoms with Crippen LogP contribution < -0.4 is 5.32 Å². The number of para-hydroxylation sites is 2. The fourth-order valence-electron chi connectivity index (χ4n) is 2.75. The maximum atomic E-state index is 12.1. The van der Waals surface area contributed by atoms with Gasteiger partial charge in [0.05, 0.1) is 17.2 Å². The van der Waals surface area contributed by atoms with Gasteiger partial charge in [-0.15, -0.1) is 0 Å². The standard InChI is InChI=1S/C20H17N5O/c26-20(18-13-21-11-12-22-18)23-15-8-5-14(6-9-15)7-10-19-24-16-3-1-2-4-17(16)25-19/h1-6,8-9,11-13H,7,10H2,(H,23,26)(H,24,25). The number of amides is 1. The lowest BCUT2D eigenvalue weighted by molar-refractivity contribution is 0.102. The lowest BCUT2D eigenvalue weighted by Gasteiger charge is -2.06. The monoisotopic (exact) mass is 343 g/mol. The van der Waals surface area contributed by atoms with E-state index in [0.717, 1.165) is 35.4 Å². The molecule has 0 radical (unpaired) electrons. The SMILES string of the molecule is O=C(Nc1ccc(CCc2nc3ccccc3[nH]2)cc1)c1cnccn1. The summed E-state index contributed by atoms with van der Waals surface area (Å²) in [6.45, 7) is 0. The van der Waals surface area contributed by atoms with Gasteiger partial charge in [-0.25, -0.2) is 9.97 Å². The molecule has 0 unspecified atom stereocenters. The van der Waals surface area contributed by atoms with Crippen LogP contribution in [0.1, 0.15) is 21.9 Å². The molecule has 0 aliphatic rings. The number of hydrogen-bond acceptors (Lipinski definition) is 4. The molecule has 0 aliphatic carbocycles. The van der Waals surface area contributed by atoms with Crippen LogP contribution in [-0.2, 0) is 12.8 Å². The van der Waals surface area contributed by atoms with Crippen LogP contribution in [0.2, 0.25) is 0 Å². The fourth-order valence-corrected chi connectivity index (χ4v) is 2.75. The van der Waals surface area contributed by atoms with Crippen molar-refractivity contribution in [2.75, 3.05) is 5.32 Å². The number of rotatable bonds is 5. The van der Waals surface area contributed by atoms with Crippen molar-refractivity contribution in [1.82, 2.24) is 19.9 Å². The Bertz CT molecular complexity index is 992. The third-order valence-corrected chi connectivity index (χ3v) is 4.10. The van der Waals surface area contributed by atoms with Crippen LogP contribution in [0.5, 0.6) is 0 Å². The van der Waals surface area contributed by atoms with Crippen molar-refractivity contribution in [3.63, 3.8) is 0 Å². The largest absolute Gasteiger partial charge is 0.342 e. The summed E-state index contributed by atoms with van der Waals surface area (Å²) >= 11 is 0. The van der Waals surface area contributed by atoms with Gasteiger partial charge in [0.1, 0.15) is 11.5 Å². The van der Waals surface area contributed by atoms with Gasteiger partial charge in [0.25, 0.3) is 5.91 Å². The number of imidazole rings is 1. The van der Waals surface area contributed by atoms with Gasteiger partial charge in [0, 0.05) is 24.5 Å². The Labute approximate surface area is 150 Å². The number of H-pyrrole nitrogens is 1. The number of nitrogens with one attached hydrogen (secondary N) is 2. The molecule has 0 aliphatic heterocycles. The van der Waals surface area contributed by atoms with Crippen molar-refractivity contribution in [2.45, 2.75) is 12.8 Å². The van der Waals surface area contributed by atoms with Gasteiger partial charge < -0.3 is 10.3 Å². The minimum atomic E-state index is -0.270. The highest BCUT2D eigenvalue weighted by atomic mass is 16.1. The number of fused-ring (bicyclic) bond motifs is 1. The van der Waals surface area contributed by atoms with Crippen LogP contribution in [0, 0.1) is 0 Å². The first-order chi connectivity index (χ1) is 12.8. The Kier molecular flexibility index (Phi) is 4.38. The molecule has 0 bridgehead atoms. The number of carbonyl (C=O) groups excluding carboxylic acids is 1. The maximum absolute atomic E-state index is 12.1. The number of carbonyl (C=O) groups is 1. The van der Waals surface area contributed by atoms with Crippen molar-refractivity contribution in [2.24, 2.45) is 0 Å². The van der Waals surface area contributed by atoms with Gasteiger partial charge in [-0.2, -0.15) is 0 Å². The number of anilines is 1. The molecule has 2 aromatic heterocycles. The van der Waals surface area contributed by atoms with Crippen molar-refractivity contribution in [3.8, 4) is 0 Å². The third kappa shape index (κ3) is 3.59. The van der Waals surface area contributed by atoms with Gasteiger partial charge in [-0.05, 0) is 36.2 Å². The number of aromatic nitrogens is 4. The van der Waals surface area contributed by atoms with Crippen LogP contribution in [-0.4, -0.2) is 25.8 Å². The highest BCUT2D eigenvalue weighted by Crippen LogP contribution is 2.14. The molecule has 2 N–H and O–H groups in total. The second kappa shape index (κ2) is 7.14. The zero-order valence-corrected chi connectivity index (χ0v) is 14.0. The second-order valence-corrected chi connectivity index (χ2v) is 5.94. The van der Waals surface area contributed by atoms with Crippen LogP contribution in [0.4, 0.5) is 5.69 Å². The number of aromatic amines is 1. The van der Waals surface area contributed by atoms with Crippen LogP contribution >= 0.6 is 0 Å². The third-order valence-electron chi connectivity index (χ3n) is 4.10. The van der Waals surface area contributed by atoms with E-state index in [2.05, 4.69) is 25.3 Å². The molecule has 128 valence electrons. The first-order valence-electron chi connectivity index (χ1n) is 8.38. The van der Waals surface area contributed by atoms with Crippen LogP contribution in [0.3, 0.4) is 0 Å². The summed E-state index contributed by atoms with van der Waals surface area (Å²) in [5.41, 5.74) is 4.26. The molecule has 0 spiro atoms. The summed E-state index contributed by atoms with van der Waals surface area (Å²) in [6, 6.07) is 15.8. The summed E-state index contributed by atoms with van der Waals surface area (Å²) in [5, 5.41) is 2.82. The minimum Gasteiger partial charge on any atom is -0.342 e. The Hall–Kier alpha value is -3.54. The first-order valence-corrected chi connectivity index (χ1v) is 8.38. The van der Waals surface area contributed by atoms with Gasteiger partial charge >= 0.3 is 0 Å². The molecule has 4 rings (SSSR count). The summed E-state index contributed by atoms with van der Waals surface area (Å²) in [6.07, 6.45) is 6.18. The van der Waals surface area contributed by atoms with E-state index in [0.29, 0.717) is 5.69 Å². The van der Waals surface area contributed by atoms with Crippen molar-refractivity contribution in [1.29, 1.82) is 0 Å². The molecule has 4 aromatic rings. The summed E-state index contributed by atoms with van der Waals surface area (Å²) in [7, 11) is 0. The number of aryl methyl sites for hydroxylation is 2. The first kappa shape index (κ1) is 16.0. The van der Waals surface area contributed by atoms with E-state index in [4.69, 9.17) is 0 Å². The van der Waals surface area contributed by atoms with E-state index in [9.17, 15) is 4.79 Å². The number of benzene rings is 2. The van der Waals surface area contributed by atoms with E-state index in [-0.39, 0.29) is 5.91 Å². The van der Waals surface area contributed by atoms with Crippen molar-refractivity contribution < 1.29 is 4.79 Å². The molecule has 0 saturated carbocycles. The van der Waals surface area contributed by atoms with E-state index in [1.54, 1.807) is 0 Å². The van der Waals surface area contributed by atoms with E-state index in [1.165, 1.54) is 24.2 Å². The van der Waals surface area contributed by atoms with E-state index >= 15 is 0 Å². The molecule has 1 amide bonds. The topological polar surface area (TPSA) is 83.6 Å². The smallest absolute Gasteiger partial charge is 0.275 e. The number of nitrogens with zero attached hydrogens (tertiary/aromatic N) is 3. The van der Waals surface area contributed by atoms with Crippen molar-refractivity contribution >= 4 is 22.6 Å². The molecule has 2 heterocycles. The summed E-state index contributed by atoms with van der Waals surface area (Å²) in [4.78, 5) is 27.9. The molecule has 26 heavy (non-hydrogen) atoms. The lowest BCUT2D eigenvalue weighted by Crippen LogP contribution is -2.13. The highest BCUT2D eigenvalue weighted by Gasteiger charge is 2.07. The van der Waals surface area contributed by atoms with Gasteiger partial charge in [0.2, 0.25) is 0 Å². The minimum absolute atomic E-state index is 0.270. The molecule has 6 nitrogen and oxygen atoms in total. The Morgan fingerprint density at radius 1 is 1.00 bits per heavy atom. The van der Waals surface area contributed by atoms with Gasteiger partial charge in [-0.3, -0.25) is 9.78 Å². The van der Waals surface area contributed by atoms with Gasteiger partial charge in [-0.1, -0.05) is 24.3 Å². The average molecular weight is 343 g/mol. The predicted molar refractivity (Wildman–Crippen MR) is 99.9 cm³/mol. The molecular formula is C20H17N5O. The lowest BCUT2D eigenvalue weighted by atomic mass is 10.1. The van der Waals surface area contributed by atoms with Crippen molar-refractivity contribution in [3.05, 3.63) is 84.2 Å². The quantitative estimate of drug-likeness (QED) is 0.582. The predicted octanol–water partition coefficient (Wildman–Crippen LogP) is 3.39. The Balaban J connectivity index is 1.37. The molecule has 2 aromatic carbocycles. The summed E-state index contributed by atoms with van der Waals surface area (Å²) < 4.78 is 0. The van der Waals surface area contributed by atoms with Crippen LogP contribution in [0.15, 0.2) is 67.1 Å². The van der Waals surface area contributed by atoms with Crippen LogP contribution in [0.25, 0.3) is 11.0 Å². The number of hydrogen-bond donors (Lipinski definition) is 2. The maximum Gasteiger partial charge on any atom is 0.275 e. The molecular weight excluding hydrogens is 326 g/mol. The fraction of sp³-hybridized carbons (Fsp3) is 0.100. The summed E-state index contributed by atoms with van der Waals surface area (Å²) in [5.74, 6) is 0.708. The Morgan fingerprint density at radius 2 is 1.85 bits per heavy atom. The Morgan fingerprint density at radius 3 is 2.62 bits per heavy atom. The van der Waals surface area contributed by atoms with E-state index in [1.807, 2.05) is 48.5 Å². The average Bonchev–Trinajstić information content (AvgIpc) is 3.11. The zero-order chi connectivity index (χ0) is 17.8. The molecule has 0 saturated heterocycles. The molecule has 6 heteroatoms. The van der Waals surface area contributed by atoms with E-state index < -0.39 is 0 Å². The van der Waals surface area contributed by atoms with Gasteiger partial charge in [0.15, 0.2) is 0 Å². The molecule has 0 atom stereocenters. The second-order valence-electron chi connectivity index (χ2n) is 5.94. The normalized spacial score (nSPS) is 10.8. The highest BCUT2D eigenvalue weighted by molar-refractivity contribution is 6.02. The zero-order valence-electron chi connectivity index (χ0n) is 14.0. The molecule has 0 fully saturated rings.